The van der Waals surface area contributed by atoms with Gasteiger partial charge in [0, 0.05) is 6.54 Å². The van der Waals surface area contributed by atoms with Gasteiger partial charge in [-0.25, -0.2) is 4.68 Å². The molecule has 0 aliphatic carbocycles. The van der Waals surface area contributed by atoms with Crippen LogP contribution in [0.3, 0.4) is 0 Å². The van der Waals surface area contributed by atoms with Crippen LogP contribution < -0.4 is 10.6 Å². The van der Waals surface area contributed by atoms with Gasteiger partial charge in [-0.15, -0.1) is 5.10 Å². The van der Waals surface area contributed by atoms with Crippen molar-refractivity contribution in [3.8, 4) is 5.69 Å². The van der Waals surface area contributed by atoms with Crippen LogP contribution in [0.15, 0.2) is 36.5 Å². The number of para-hydroxylation sites is 1. The molecular weight excluding hydrogens is 266 g/mol. The summed E-state index contributed by atoms with van der Waals surface area (Å²) in [6, 6.07) is 9.62. The highest BCUT2D eigenvalue weighted by atomic mass is 16.2. The van der Waals surface area contributed by atoms with Crippen molar-refractivity contribution in [2.24, 2.45) is 5.92 Å². The summed E-state index contributed by atoms with van der Waals surface area (Å²) < 4.78 is 1.61. The molecule has 0 spiro atoms. The number of nitrogens with one attached hydrogen (secondary N) is 2. The predicted molar refractivity (Wildman–Crippen MR) is 79.3 cm³/mol. The van der Waals surface area contributed by atoms with Crippen LogP contribution in [0.5, 0.6) is 0 Å². The van der Waals surface area contributed by atoms with E-state index in [1.807, 2.05) is 30.3 Å². The van der Waals surface area contributed by atoms with Crippen LogP contribution in [-0.4, -0.2) is 40.5 Å². The van der Waals surface area contributed by atoms with E-state index in [-0.39, 0.29) is 5.91 Å². The van der Waals surface area contributed by atoms with Crippen LogP contribution in [0.25, 0.3) is 5.69 Å². The highest BCUT2D eigenvalue weighted by Gasteiger charge is 2.15. The SMILES string of the molecule is O=C(NCCC1CCNC1)c1cn(-c2ccccc2)nn1. The monoisotopic (exact) mass is 285 g/mol. The van der Waals surface area contributed by atoms with Crippen LogP contribution in [0.2, 0.25) is 0 Å². The second-order valence-electron chi connectivity index (χ2n) is 5.29. The van der Waals surface area contributed by atoms with Crippen LogP contribution in [0.4, 0.5) is 0 Å². The molecule has 1 fully saturated rings. The minimum Gasteiger partial charge on any atom is -0.351 e. The van der Waals surface area contributed by atoms with Crippen LogP contribution in [0, 0.1) is 5.92 Å². The first kappa shape index (κ1) is 13.8. The minimum absolute atomic E-state index is 0.164. The Morgan fingerprint density at radius 1 is 1.38 bits per heavy atom. The Morgan fingerprint density at radius 3 is 3.00 bits per heavy atom. The Balaban J connectivity index is 1.54. The van der Waals surface area contributed by atoms with Crippen molar-refractivity contribution in [2.75, 3.05) is 19.6 Å². The molecule has 2 aromatic rings. The summed E-state index contributed by atoms with van der Waals surface area (Å²) in [7, 11) is 0. The first-order chi connectivity index (χ1) is 10.3. The van der Waals surface area contributed by atoms with Gasteiger partial charge in [-0.3, -0.25) is 4.79 Å². The van der Waals surface area contributed by atoms with Gasteiger partial charge in [0.15, 0.2) is 5.69 Å². The van der Waals surface area contributed by atoms with Gasteiger partial charge in [0.1, 0.15) is 0 Å². The lowest BCUT2D eigenvalue weighted by molar-refractivity contribution is 0.0946. The Labute approximate surface area is 123 Å². The molecule has 110 valence electrons. The molecule has 2 heterocycles. The van der Waals surface area contributed by atoms with Crippen LogP contribution >= 0.6 is 0 Å². The van der Waals surface area contributed by atoms with Gasteiger partial charge in [-0.05, 0) is 44.0 Å². The van der Waals surface area contributed by atoms with Crippen molar-refractivity contribution in [1.82, 2.24) is 25.6 Å². The molecule has 21 heavy (non-hydrogen) atoms. The first-order valence-corrected chi connectivity index (χ1v) is 7.29. The number of benzene rings is 1. The lowest BCUT2D eigenvalue weighted by Crippen LogP contribution is -2.26. The van der Waals surface area contributed by atoms with Gasteiger partial charge in [0.05, 0.1) is 11.9 Å². The van der Waals surface area contributed by atoms with Crippen LogP contribution in [-0.2, 0) is 0 Å². The molecule has 6 heteroatoms. The van der Waals surface area contributed by atoms with Gasteiger partial charge in [0.25, 0.3) is 5.91 Å². The topological polar surface area (TPSA) is 71.8 Å². The molecule has 2 N–H and O–H groups in total. The molecule has 1 saturated heterocycles. The maximum Gasteiger partial charge on any atom is 0.273 e. The maximum absolute atomic E-state index is 12.0. The Bertz CT molecular complexity index is 589. The van der Waals surface area contributed by atoms with E-state index in [9.17, 15) is 4.79 Å². The smallest absolute Gasteiger partial charge is 0.273 e. The first-order valence-electron chi connectivity index (χ1n) is 7.29. The fourth-order valence-corrected chi connectivity index (χ4v) is 2.52. The largest absolute Gasteiger partial charge is 0.351 e. The number of carbonyl (C=O) groups is 1. The van der Waals surface area contributed by atoms with Crippen molar-refractivity contribution in [1.29, 1.82) is 0 Å². The molecule has 0 saturated carbocycles. The zero-order valence-corrected chi connectivity index (χ0v) is 11.8. The van der Waals surface area contributed by atoms with Crippen molar-refractivity contribution < 1.29 is 4.79 Å². The Kier molecular flexibility index (Phi) is 4.25. The Hall–Kier alpha value is -2.21. The molecule has 1 amide bonds. The van der Waals surface area contributed by atoms with E-state index in [1.165, 1.54) is 6.42 Å². The zero-order chi connectivity index (χ0) is 14.5. The normalized spacial score (nSPS) is 17.8. The van der Waals surface area contributed by atoms with Crippen molar-refractivity contribution >= 4 is 5.91 Å². The molecule has 1 aliphatic heterocycles. The Morgan fingerprint density at radius 2 is 2.24 bits per heavy atom. The molecule has 1 aliphatic rings. The van der Waals surface area contributed by atoms with E-state index in [0.717, 1.165) is 25.2 Å². The lowest BCUT2D eigenvalue weighted by atomic mass is 10.1. The average molecular weight is 285 g/mol. The highest BCUT2D eigenvalue weighted by Crippen LogP contribution is 2.11. The van der Waals surface area contributed by atoms with Gasteiger partial charge < -0.3 is 10.6 Å². The van der Waals surface area contributed by atoms with Gasteiger partial charge >= 0.3 is 0 Å². The summed E-state index contributed by atoms with van der Waals surface area (Å²) in [4.78, 5) is 12.0. The number of amides is 1. The standard InChI is InChI=1S/C15H19N5O/c21-15(17-9-7-12-6-8-16-10-12)14-11-20(19-18-14)13-4-2-1-3-5-13/h1-5,11-12,16H,6-10H2,(H,17,21). The summed E-state index contributed by atoms with van der Waals surface area (Å²) in [5.41, 5.74) is 1.24. The molecule has 0 radical (unpaired) electrons. The number of aromatic nitrogens is 3. The van der Waals surface area contributed by atoms with E-state index in [1.54, 1.807) is 10.9 Å². The molecule has 6 nitrogen and oxygen atoms in total. The fourth-order valence-electron chi connectivity index (χ4n) is 2.52. The summed E-state index contributed by atoms with van der Waals surface area (Å²) in [5, 5.41) is 14.2. The van der Waals surface area contributed by atoms with Gasteiger partial charge in [-0.1, -0.05) is 23.4 Å². The summed E-state index contributed by atoms with van der Waals surface area (Å²) >= 11 is 0. The third kappa shape index (κ3) is 3.46. The second-order valence-corrected chi connectivity index (χ2v) is 5.29. The molecule has 1 aromatic carbocycles. The fraction of sp³-hybridized carbons (Fsp3) is 0.400. The van der Waals surface area contributed by atoms with E-state index in [4.69, 9.17) is 0 Å². The van der Waals surface area contributed by atoms with Crippen LogP contribution in [0.1, 0.15) is 23.3 Å². The zero-order valence-electron chi connectivity index (χ0n) is 11.8. The third-order valence-electron chi connectivity index (χ3n) is 3.75. The molecular formula is C15H19N5O. The summed E-state index contributed by atoms with van der Waals surface area (Å²) in [5.74, 6) is 0.508. The third-order valence-corrected chi connectivity index (χ3v) is 3.75. The predicted octanol–water partition coefficient (Wildman–Crippen LogP) is 0.997. The number of hydrogen-bond acceptors (Lipinski definition) is 4. The number of rotatable bonds is 5. The second kappa shape index (κ2) is 6.49. The highest BCUT2D eigenvalue weighted by molar-refractivity contribution is 5.91. The quantitative estimate of drug-likeness (QED) is 0.859. The molecule has 1 unspecified atom stereocenters. The molecule has 0 bridgehead atoms. The maximum atomic E-state index is 12.0. The number of carbonyl (C=O) groups excluding carboxylic acids is 1. The number of hydrogen-bond donors (Lipinski definition) is 2. The summed E-state index contributed by atoms with van der Waals surface area (Å²) in [6.45, 7) is 2.83. The lowest BCUT2D eigenvalue weighted by Gasteiger charge is -2.08. The van der Waals surface area contributed by atoms with Gasteiger partial charge in [0.2, 0.25) is 0 Å². The van der Waals surface area contributed by atoms with Crippen molar-refractivity contribution in [3.05, 3.63) is 42.2 Å². The van der Waals surface area contributed by atoms with E-state index < -0.39 is 0 Å². The van der Waals surface area contributed by atoms with E-state index in [0.29, 0.717) is 18.2 Å². The average Bonchev–Trinajstić information content (AvgIpc) is 3.20. The molecule has 1 atom stereocenters. The number of nitrogens with zero attached hydrogens (tertiary/aromatic N) is 3. The van der Waals surface area contributed by atoms with Gasteiger partial charge in [-0.2, -0.15) is 0 Å². The van der Waals surface area contributed by atoms with E-state index in [2.05, 4.69) is 20.9 Å². The minimum atomic E-state index is -0.164. The van der Waals surface area contributed by atoms with Crippen molar-refractivity contribution in [3.63, 3.8) is 0 Å². The molecule has 3 rings (SSSR count). The van der Waals surface area contributed by atoms with Crippen molar-refractivity contribution in [2.45, 2.75) is 12.8 Å². The summed E-state index contributed by atoms with van der Waals surface area (Å²) in [6.07, 6.45) is 3.85. The molecule has 1 aromatic heterocycles. The van der Waals surface area contributed by atoms with E-state index >= 15 is 0 Å².